The van der Waals surface area contributed by atoms with E-state index in [2.05, 4.69) is 30.8 Å². The molecule has 37 heavy (non-hydrogen) atoms. The second-order valence-electron chi connectivity index (χ2n) is 11.6. The van der Waals surface area contributed by atoms with E-state index in [-0.39, 0.29) is 22.9 Å². The van der Waals surface area contributed by atoms with Crippen molar-refractivity contribution in [3.8, 4) is 5.88 Å². The Morgan fingerprint density at radius 2 is 1.70 bits per heavy atom. The van der Waals surface area contributed by atoms with Crippen LogP contribution >= 0.6 is 0 Å². The fourth-order valence-electron chi connectivity index (χ4n) is 7.05. The maximum absolute atomic E-state index is 13.1. The second-order valence-corrected chi connectivity index (χ2v) is 11.6. The van der Waals surface area contributed by atoms with E-state index in [0.717, 1.165) is 57.3 Å². The SMILES string of the molecule is Cc1cccc(C(=O)NC23CC4CC(CC(NC(=O)Oc5cccc(NCCCN(C)C)n5)(C4)C2)C3)n1. The molecule has 0 radical (unpaired) electrons. The fourth-order valence-corrected chi connectivity index (χ4v) is 7.05. The lowest BCUT2D eigenvalue weighted by Gasteiger charge is -2.61. The number of nitrogens with zero attached hydrogens (tertiary/aromatic N) is 3. The Hall–Kier alpha value is -3.20. The first-order chi connectivity index (χ1) is 17.7. The highest BCUT2D eigenvalue weighted by molar-refractivity contribution is 5.92. The number of amides is 2. The summed E-state index contributed by atoms with van der Waals surface area (Å²) in [7, 11) is 4.10. The number of hydrogen-bond donors (Lipinski definition) is 3. The standard InChI is InChI=1S/C28H38N6O3/c1-19-7-4-8-22(30-19)25(35)32-27-14-20-13-21(15-27)17-28(16-20,18-27)33-26(36)37-24-10-5-9-23(31-24)29-11-6-12-34(2)3/h4-5,7-10,20-21H,6,11-18H2,1-3H3,(H,29,31)(H,32,35)(H,33,36). The molecule has 0 saturated heterocycles. The molecule has 9 nitrogen and oxygen atoms in total. The second kappa shape index (κ2) is 10.3. The minimum absolute atomic E-state index is 0.137. The highest BCUT2D eigenvalue weighted by Gasteiger charge is 2.59. The molecule has 0 aromatic carbocycles. The van der Waals surface area contributed by atoms with Gasteiger partial charge in [0.2, 0.25) is 5.88 Å². The quantitative estimate of drug-likeness (QED) is 0.445. The molecule has 0 spiro atoms. The molecule has 4 aliphatic carbocycles. The van der Waals surface area contributed by atoms with Crippen molar-refractivity contribution in [2.75, 3.05) is 32.5 Å². The first kappa shape index (κ1) is 25.4. The number of pyridine rings is 2. The Morgan fingerprint density at radius 1 is 1.00 bits per heavy atom. The number of aromatic nitrogens is 2. The Bertz CT molecular complexity index is 1140. The number of rotatable bonds is 9. The molecule has 4 bridgehead atoms. The van der Waals surface area contributed by atoms with Gasteiger partial charge in [-0.2, -0.15) is 4.98 Å². The summed E-state index contributed by atoms with van der Waals surface area (Å²) in [6, 6.07) is 10.9. The van der Waals surface area contributed by atoms with Crippen molar-refractivity contribution >= 4 is 17.8 Å². The normalized spacial score (nSPS) is 27.7. The number of aryl methyl sites for hydroxylation is 1. The van der Waals surface area contributed by atoms with E-state index in [1.807, 2.05) is 45.3 Å². The predicted molar refractivity (Wildman–Crippen MR) is 142 cm³/mol. The summed E-state index contributed by atoms with van der Waals surface area (Å²) in [6.45, 7) is 3.66. The van der Waals surface area contributed by atoms with Gasteiger partial charge in [0.1, 0.15) is 11.5 Å². The third-order valence-corrected chi connectivity index (χ3v) is 7.94. The van der Waals surface area contributed by atoms with Crippen molar-refractivity contribution in [3.05, 3.63) is 47.8 Å². The van der Waals surface area contributed by atoms with E-state index in [1.165, 1.54) is 0 Å². The van der Waals surface area contributed by atoms with Gasteiger partial charge in [-0.15, -0.1) is 0 Å². The van der Waals surface area contributed by atoms with Gasteiger partial charge in [-0.25, -0.2) is 9.78 Å². The van der Waals surface area contributed by atoms with Crippen LogP contribution < -0.4 is 20.7 Å². The largest absolute Gasteiger partial charge is 0.414 e. The fraction of sp³-hybridized carbons (Fsp3) is 0.571. The van der Waals surface area contributed by atoms with E-state index in [4.69, 9.17) is 4.74 Å². The molecule has 4 saturated carbocycles. The molecular weight excluding hydrogens is 468 g/mol. The molecule has 0 aliphatic heterocycles. The number of nitrogens with one attached hydrogen (secondary N) is 3. The van der Waals surface area contributed by atoms with E-state index < -0.39 is 6.09 Å². The van der Waals surface area contributed by atoms with Gasteiger partial charge in [0.15, 0.2) is 0 Å². The Morgan fingerprint density at radius 3 is 2.41 bits per heavy atom. The number of hydrogen-bond acceptors (Lipinski definition) is 7. The van der Waals surface area contributed by atoms with Crippen LogP contribution in [0.15, 0.2) is 36.4 Å². The van der Waals surface area contributed by atoms with Gasteiger partial charge >= 0.3 is 6.09 Å². The van der Waals surface area contributed by atoms with E-state index >= 15 is 0 Å². The summed E-state index contributed by atoms with van der Waals surface area (Å²) >= 11 is 0. The molecule has 2 aromatic rings. The van der Waals surface area contributed by atoms with Crippen LogP contribution in [0.3, 0.4) is 0 Å². The average molecular weight is 507 g/mol. The number of carbonyl (C=O) groups is 2. The lowest BCUT2D eigenvalue weighted by molar-refractivity contribution is -0.0450. The first-order valence-corrected chi connectivity index (χ1v) is 13.3. The van der Waals surface area contributed by atoms with Gasteiger partial charge in [-0.1, -0.05) is 12.1 Å². The maximum Gasteiger partial charge on any atom is 0.414 e. The molecule has 2 aromatic heterocycles. The summed E-state index contributed by atoms with van der Waals surface area (Å²) in [5, 5.41) is 9.83. The van der Waals surface area contributed by atoms with Gasteiger partial charge in [-0.05, 0) is 103 Å². The van der Waals surface area contributed by atoms with Gasteiger partial charge in [0.25, 0.3) is 5.91 Å². The monoisotopic (exact) mass is 506 g/mol. The van der Waals surface area contributed by atoms with Crippen LogP contribution in [0.2, 0.25) is 0 Å². The summed E-state index contributed by atoms with van der Waals surface area (Å²) in [4.78, 5) is 37.1. The summed E-state index contributed by atoms with van der Waals surface area (Å²) in [6.07, 6.45) is 6.09. The molecule has 198 valence electrons. The summed E-state index contributed by atoms with van der Waals surface area (Å²) in [5.41, 5.74) is 0.560. The molecule has 9 heteroatoms. The number of carbonyl (C=O) groups excluding carboxylic acids is 2. The predicted octanol–water partition coefficient (Wildman–Crippen LogP) is 3.76. The van der Waals surface area contributed by atoms with Crippen molar-refractivity contribution in [2.45, 2.75) is 62.9 Å². The molecule has 2 unspecified atom stereocenters. The van der Waals surface area contributed by atoms with Crippen LogP contribution in [0.25, 0.3) is 0 Å². The summed E-state index contributed by atoms with van der Waals surface area (Å²) < 4.78 is 5.63. The summed E-state index contributed by atoms with van der Waals surface area (Å²) in [5.74, 6) is 1.77. The Kier molecular flexibility index (Phi) is 7.07. The molecule has 6 rings (SSSR count). The van der Waals surface area contributed by atoms with Gasteiger partial charge in [0, 0.05) is 29.4 Å². The highest BCUT2D eigenvalue weighted by Crippen LogP contribution is 2.57. The van der Waals surface area contributed by atoms with Crippen LogP contribution in [-0.4, -0.2) is 65.1 Å². The van der Waals surface area contributed by atoms with Crippen molar-refractivity contribution in [1.29, 1.82) is 0 Å². The molecule has 4 aliphatic rings. The van der Waals surface area contributed by atoms with Crippen molar-refractivity contribution in [3.63, 3.8) is 0 Å². The smallest absolute Gasteiger partial charge is 0.391 e. The molecule has 2 atom stereocenters. The van der Waals surface area contributed by atoms with Crippen LogP contribution in [0, 0.1) is 18.8 Å². The van der Waals surface area contributed by atoms with Crippen molar-refractivity contribution in [1.82, 2.24) is 25.5 Å². The molecule has 2 amide bonds. The van der Waals surface area contributed by atoms with E-state index in [0.29, 0.717) is 29.8 Å². The van der Waals surface area contributed by atoms with Crippen molar-refractivity contribution < 1.29 is 14.3 Å². The van der Waals surface area contributed by atoms with E-state index in [9.17, 15) is 9.59 Å². The molecule has 3 N–H and O–H groups in total. The zero-order chi connectivity index (χ0) is 26.0. The van der Waals surface area contributed by atoms with Crippen LogP contribution in [-0.2, 0) is 0 Å². The third kappa shape index (κ3) is 6.04. The molecular formula is C28H38N6O3. The van der Waals surface area contributed by atoms with Crippen LogP contribution in [0.5, 0.6) is 5.88 Å². The van der Waals surface area contributed by atoms with Crippen molar-refractivity contribution in [2.24, 2.45) is 11.8 Å². The first-order valence-electron chi connectivity index (χ1n) is 13.3. The maximum atomic E-state index is 13.1. The van der Waals surface area contributed by atoms with Crippen LogP contribution in [0.4, 0.5) is 10.6 Å². The lowest BCUT2D eigenvalue weighted by Crippen LogP contribution is -2.70. The topological polar surface area (TPSA) is 108 Å². The third-order valence-electron chi connectivity index (χ3n) is 7.94. The van der Waals surface area contributed by atoms with Gasteiger partial charge in [-0.3, -0.25) is 4.79 Å². The molecule has 4 fully saturated rings. The minimum Gasteiger partial charge on any atom is -0.391 e. The van der Waals surface area contributed by atoms with Gasteiger partial charge in [0.05, 0.1) is 0 Å². The number of anilines is 1. The van der Waals surface area contributed by atoms with Crippen LogP contribution in [0.1, 0.15) is 61.1 Å². The zero-order valence-corrected chi connectivity index (χ0v) is 22.0. The Labute approximate surface area is 218 Å². The molecule has 2 heterocycles. The zero-order valence-electron chi connectivity index (χ0n) is 22.0. The number of ether oxygens (including phenoxy) is 1. The lowest BCUT2D eigenvalue weighted by atomic mass is 9.50. The highest BCUT2D eigenvalue weighted by atomic mass is 16.6. The van der Waals surface area contributed by atoms with Gasteiger partial charge < -0.3 is 25.6 Å². The average Bonchev–Trinajstić information content (AvgIpc) is 2.80. The minimum atomic E-state index is -0.485. The van der Waals surface area contributed by atoms with E-state index in [1.54, 1.807) is 12.1 Å². The Balaban J connectivity index is 1.22.